The van der Waals surface area contributed by atoms with E-state index >= 15 is 0 Å². The predicted octanol–water partition coefficient (Wildman–Crippen LogP) is 3.15. The molecular weight excluding hydrogens is 256 g/mol. The number of carbonyl (C=O) groups is 1. The van der Waals surface area contributed by atoms with Crippen molar-refractivity contribution >= 4 is 23.4 Å². The van der Waals surface area contributed by atoms with Crippen LogP contribution in [0.25, 0.3) is 0 Å². The fourth-order valence-electron chi connectivity index (χ4n) is 2.48. The Morgan fingerprint density at radius 1 is 1.26 bits per heavy atom. The van der Waals surface area contributed by atoms with E-state index in [1.54, 1.807) is 11.8 Å². The number of amides is 1. The Morgan fingerprint density at radius 2 is 1.89 bits per heavy atom. The zero-order valence-corrected chi connectivity index (χ0v) is 12.3. The lowest BCUT2D eigenvalue weighted by atomic mass is 9.94. The number of hydrogen-bond acceptors (Lipinski definition) is 3. The highest BCUT2D eigenvalue weighted by Crippen LogP contribution is 2.24. The maximum absolute atomic E-state index is 12.2. The number of carbonyl (C=O) groups excluding carboxylic acids is 1. The second-order valence-electron chi connectivity index (χ2n) is 5.15. The van der Waals surface area contributed by atoms with Crippen LogP contribution in [-0.2, 0) is 4.79 Å². The van der Waals surface area contributed by atoms with Gasteiger partial charge < -0.3 is 10.6 Å². The van der Waals surface area contributed by atoms with Gasteiger partial charge >= 0.3 is 0 Å². The predicted molar refractivity (Wildman–Crippen MR) is 81.2 cm³/mol. The summed E-state index contributed by atoms with van der Waals surface area (Å²) in [7, 11) is 1.95. The van der Waals surface area contributed by atoms with Crippen molar-refractivity contribution in [3.05, 3.63) is 24.3 Å². The number of nitrogens with zero attached hydrogens (tertiary/aromatic N) is 1. The summed E-state index contributed by atoms with van der Waals surface area (Å²) in [5.41, 5.74) is 6.40. The molecule has 0 atom stereocenters. The normalized spacial score (nSPS) is 16.3. The molecule has 1 aromatic rings. The van der Waals surface area contributed by atoms with Gasteiger partial charge in [-0.05, 0) is 37.1 Å². The Hall–Kier alpha value is -1.16. The van der Waals surface area contributed by atoms with Gasteiger partial charge in [-0.15, -0.1) is 11.8 Å². The Kier molecular flexibility index (Phi) is 5.14. The van der Waals surface area contributed by atoms with Gasteiger partial charge in [-0.3, -0.25) is 4.79 Å². The summed E-state index contributed by atoms with van der Waals surface area (Å²) >= 11 is 1.58. The quantitative estimate of drug-likeness (QED) is 0.680. The van der Waals surface area contributed by atoms with Crippen LogP contribution in [-0.4, -0.2) is 29.6 Å². The minimum atomic E-state index is 0.230. The first-order valence-corrected chi connectivity index (χ1v) is 7.89. The van der Waals surface area contributed by atoms with E-state index < -0.39 is 0 Å². The van der Waals surface area contributed by atoms with Gasteiger partial charge in [0.2, 0.25) is 5.91 Å². The molecule has 104 valence electrons. The van der Waals surface area contributed by atoms with E-state index in [1.165, 1.54) is 19.3 Å². The fourth-order valence-corrected chi connectivity index (χ4v) is 3.31. The number of hydrogen-bond donors (Lipinski definition) is 1. The van der Waals surface area contributed by atoms with Crippen molar-refractivity contribution in [1.29, 1.82) is 0 Å². The van der Waals surface area contributed by atoms with Crippen molar-refractivity contribution in [2.24, 2.45) is 0 Å². The minimum absolute atomic E-state index is 0.230. The van der Waals surface area contributed by atoms with E-state index in [1.807, 2.05) is 36.2 Å². The van der Waals surface area contributed by atoms with Crippen LogP contribution in [0.2, 0.25) is 0 Å². The number of nitrogens with two attached hydrogens (primary N) is 1. The van der Waals surface area contributed by atoms with Gasteiger partial charge in [0.15, 0.2) is 0 Å². The van der Waals surface area contributed by atoms with E-state index in [2.05, 4.69) is 0 Å². The van der Waals surface area contributed by atoms with E-state index in [9.17, 15) is 4.79 Å². The molecule has 2 rings (SSSR count). The number of benzene rings is 1. The topological polar surface area (TPSA) is 46.3 Å². The number of rotatable bonds is 4. The molecular formula is C15H22N2OS. The standard InChI is InChI=1S/C15H22N2OS/c1-17(13-5-3-2-4-6-13)15(18)11-19-14-9-7-12(16)8-10-14/h7-10,13H,2-6,11,16H2,1H3. The molecule has 1 saturated carbocycles. The van der Waals surface area contributed by atoms with Gasteiger partial charge in [0, 0.05) is 23.7 Å². The summed E-state index contributed by atoms with van der Waals surface area (Å²) in [4.78, 5) is 15.2. The molecule has 0 spiro atoms. The first-order chi connectivity index (χ1) is 9.16. The molecule has 0 saturated heterocycles. The fraction of sp³-hybridized carbons (Fsp3) is 0.533. The van der Waals surface area contributed by atoms with Crippen LogP contribution in [0.3, 0.4) is 0 Å². The minimum Gasteiger partial charge on any atom is -0.399 e. The monoisotopic (exact) mass is 278 g/mol. The maximum atomic E-state index is 12.2. The van der Waals surface area contributed by atoms with Crippen molar-refractivity contribution in [2.75, 3.05) is 18.5 Å². The third-order valence-electron chi connectivity index (χ3n) is 3.76. The summed E-state index contributed by atoms with van der Waals surface area (Å²) in [5.74, 6) is 0.741. The van der Waals surface area contributed by atoms with Gasteiger partial charge in [-0.25, -0.2) is 0 Å². The second kappa shape index (κ2) is 6.85. The molecule has 1 aromatic carbocycles. The first kappa shape index (κ1) is 14.3. The molecule has 0 aromatic heterocycles. The lowest BCUT2D eigenvalue weighted by molar-refractivity contribution is -0.129. The number of thioether (sulfide) groups is 1. The average molecular weight is 278 g/mol. The second-order valence-corrected chi connectivity index (χ2v) is 6.20. The summed E-state index contributed by atoms with van der Waals surface area (Å²) in [6, 6.07) is 8.13. The van der Waals surface area contributed by atoms with Crippen LogP contribution in [0.4, 0.5) is 5.69 Å². The van der Waals surface area contributed by atoms with Crippen LogP contribution in [0.1, 0.15) is 32.1 Å². The zero-order chi connectivity index (χ0) is 13.7. The van der Waals surface area contributed by atoms with Crippen molar-refractivity contribution in [3.63, 3.8) is 0 Å². The molecule has 3 nitrogen and oxygen atoms in total. The van der Waals surface area contributed by atoms with Crippen LogP contribution < -0.4 is 5.73 Å². The maximum Gasteiger partial charge on any atom is 0.232 e. The highest BCUT2D eigenvalue weighted by atomic mass is 32.2. The zero-order valence-electron chi connectivity index (χ0n) is 11.5. The summed E-state index contributed by atoms with van der Waals surface area (Å²) in [6.07, 6.45) is 6.16. The molecule has 0 heterocycles. The van der Waals surface area contributed by atoms with Crippen molar-refractivity contribution < 1.29 is 4.79 Å². The highest BCUT2D eigenvalue weighted by Gasteiger charge is 2.21. The van der Waals surface area contributed by atoms with E-state index in [0.29, 0.717) is 11.8 Å². The van der Waals surface area contributed by atoms with Crippen LogP contribution in [0, 0.1) is 0 Å². The van der Waals surface area contributed by atoms with Gasteiger partial charge in [-0.2, -0.15) is 0 Å². The first-order valence-electron chi connectivity index (χ1n) is 6.91. The Labute approximate surface area is 119 Å². The molecule has 0 aliphatic heterocycles. The number of nitrogen functional groups attached to an aromatic ring is 1. The largest absolute Gasteiger partial charge is 0.399 e. The van der Waals surface area contributed by atoms with Crippen LogP contribution in [0.15, 0.2) is 29.2 Å². The molecule has 19 heavy (non-hydrogen) atoms. The molecule has 4 heteroatoms. The lowest BCUT2D eigenvalue weighted by Crippen LogP contribution is -2.39. The lowest BCUT2D eigenvalue weighted by Gasteiger charge is -2.31. The molecule has 0 bridgehead atoms. The van der Waals surface area contributed by atoms with Crippen molar-refractivity contribution in [3.8, 4) is 0 Å². The molecule has 2 N–H and O–H groups in total. The molecule has 0 radical (unpaired) electrons. The summed E-state index contributed by atoms with van der Waals surface area (Å²) in [6.45, 7) is 0. The van der Waals surface area contributed by atoms with Crippen molar-refractivity contribution in [1.82, 2.24) is 4.90 Å². The Bertz CT molecular complexity index is 413. The van der Waals surface area contributed by atoms with Crippen LogP contribution >= 0.6 is 11.8 Å². The van der Waals surface area contributed by atoms with Gasteiger partial charge in [0.25, 0.3) is 0 Å². The molecule has 1 fully saturated rings. The molecule has 1 aliphatic rings. The molecule has 1 amide bonds. The van der Waals surface area contributed by atoms with Gasteiger partial charge in [0.1, 0.15) is 0 Å². The highest BCUT2D eigenvalue weighted by molar-refractivity contribution is 8.00. The van der Waals surface area contributed by atoms with Crippen LogP contribution in [0.5, 0.6) is 0 Å². The average Bonchev–Trinajstić information content (AvgIpc) is 2.46. The molecule has 0 unspecified atom stereocenters. The van der Waals surface area contributed by atoms with Crippen molar-refractivity contribution in [2.45, 2.75) is 43.0 Å². The summed E-state index contributed by atoms with van der Waals surface area (Å²) < 4.78 is 0. The smallest absolute Gasteiger partial charge is 0.232 e. The third-order valence-corrected chi connectivity index (χ3v) is 4.76. The van der Waals surface area contributed by atoms with Gasteiger partial charge in [-0.1, -0.05) is 19.3 Å². The molecule has 1 aliphatic carbocycles. The summed E-state index contributed by atoms with van der Waals surface area (Å²) in [5, 5.41) is 0. The van der Waals surface area contributed by atoms with E-state index in [-0.39, 0.29) is 5.91 Å². The number of anilines is 1. The third kappa shape index (κ3) is 4.16. The Morgan fingerprint density at radius 3 is 2.53 bits per heavy atom. The Balaban J connectivity index is 1.81. The van der Waals surface area contributed by atoms with E-state index in [0.717, 1.165) is 23.4 Å². The SMILES string of the molecule is CN(C(=O)CSc1ccc(N)cc1)C1CCCCC1. The van der Waals surface area contributed by atoms with Gasteiger partial charge in [0.05, 0.1) is 5.75 Å². The van der Waals surface area contributed by atoms with E-state index in [4.69, 9.17) is 5.73 Å².